The van der Waals surface area contributed by atoms with Crippen LogP contribution in [-0.2, 0) is 6.54 Å². The highest BCUT2D eigenvalue weighted by molar-refractivity contribution is 5.12. The van der Waals surface area contributed by atoms with Crippen molar-refractivity contribution in [2.24, 2.45) is 0 Å². The van der Waals surface area contributed by atoms with Gasteiger partial charge < -0.3 is 10.6 Å². The van der Waals surface area contributed by atoms with Crippen molar-refractivity contribution in [2.75, 3.05) is 13.1 Å². The fourth-order valence-corrected chi connectivity index (χ4v) is 1.33. The van der Waals surface area contributed by atoms with Gasteiger partial charge in [0, 0.05) is 31.0 Å². The minimum atomic E-state index is 0.492. The van der Waals surface area contributed by atoms with Crippen LogP contribution in [0.4, 0.5) is 0 Å². The lowest BCUT2D eigenvalue weighted by molar-refractivity contribution is 0.508. The van der Waals surface area contributed by atoms with E-state index in [1.54, 1.807) is 0 Å². The van der Waals surface area contributed by atoms with Crippen LogP contribution >= 0.6 is 0 Å². The van der Waals surface area contributed by atoms with Crippen molar-refractivity contribution in [1.82, 2.24) is 15.6 Å². The average Bonchev–Trinajstić information content (AvgIpc) is 2.25. The van der Waals surface area contributed by atoms with E-state index >= 15 is 0 Å². The molecule has 0 bridgehead atoms. The topological polar surface area (TPSA) is 37.0 Å². The van der Waals surface area contributed by atoms with Crippen molar-refractivity contribution in [3.8, 4) is 0 Å². The molecule has 0 fully saturated rings. The summed E-state index contributed by atoms with van der Waals surface area (Å²) in [5, 5.41) is 6.77. The molecule has 0 aromatic carbocycles. The lowest BCUT2D eigenvalue weighted by Crippen LogP contribution is -2.35. The predicted molar refractivity (Wildman–Crippen MR) is 63.8 cm³/mol. The van der Waals surface area contributed by atoms with Crippen LogP contribution in [0.5, 0.6) is 0 Å². The van der Waals surface area contributed by atoms with E-state index in [1.165, 1.54) is 5.56 Å². The van der Waals surface area contributed by atoms with Crippen molar-refractivity contribution in [3.63, 3.8) is 0 Å². The van der Waals surface area contributed by atoms with Gasteiger partial charge in [-0.25, -0.2) is 0 Å². The second-order valence-corrected chi connectivity index (χ2v) is 3.90. The van der Waals surface area contributed by atoms with Gasteiger partial charge in [0.05, 0.1) is 0 Å². The van der Waals surface area contributed by atoms with Gasteiger partial charge in [-0.05, 0) is 32.0 Å². The first kappa shape index (κ1) is 12.1. The zero-order chi connectivity index (χ0) is 11.1. The smallest absolute Gasteiger partial charge is 0.0372 e. The highest BCUT2D eigenvalue weighted by atomic mass is 15.0. The zero-order valence-electron chi connectivity index (χ0n) is 9.88. The Bertz CT molecular complexity index is 269. The average molecular weight is 207 g/mol. The fourth-order valence-electron chi connectivity index (χ4n) is 1.33. The summed E-state index contributed by atoms with van der Waals surface area (Å²) in [7, 11) is 0. The largest absolute Gasteiger partial charge is 0.315 e. The minimum absolute atomic E-state index is 0.492. The van der Waals surface area contributed by atoms with Crippen molar-refractivity contribution < 1.29 is 0 Å². The SMILES string of the molecule is CCNCC(C)NCc1ccc(C)nc1. The van der Waals surface area contributed by atoms with E-state index < -0.39 is 0 Å². The van der Waals surface area contributed by atoms with Gasteiger partial charge in [0.15, 0.2) is 0 Å². The number of nitrogens with one attached hydrogen (secondary N) is 2. The van der Waals surface area contributed by atoms with Crippen molar-refractivity contribution in [1.29, 1.82) is 0 Å². The third-order valence-corrected chi connectivity index (χ3v) is 2.33. The van der Waals surface area contributed by atoms with Crippen molar-refractivity contribution in [2.45, 2.75) is 33.4 Å². The van der Waals surface area contributed by atoms with Crippen LogP contribution in [0.25, 0.3) is 0 Å². The molecule has 1 aromatic heterocycles. The Morgan fingerprint density at radius 1 is 1.40 bits per heavy atom. The summed E-state index contributed by atoms with van der Waals surface area (Å²) < 4.78 is 0. The molecule has 0 aliphatic heterocycles. The summed E-state index contributed by atoms with van der Waals surface area (Å²) in [6.07, 6.45) is 1.93. The monoisotopic (exact) mass is 207 g/mol. The summed E-state index contributed by atoms with van der Waals surface area (Å²) in [5.41, 5.74) is 2.31. The third-order valence-electron chi connectivity index (χ3n) is 2.33. The predicted octanol–water partition coefficient (Wildman–Crippen LogP) is 1.48. The molecule has 1 unspecified atom stereocenters. The van der Waals surface area contributed by atoms with Gasteiger partial charge in [0.25, 0.3) is 0 Å². The summed E-state index contributed by atoms with van der Waals surface area (Å²) in [6.45, 7) is 9.24. The Morgan fingerprint density at radius 2 is 2.20 bits per heavy atom. The van der Waals surface area contributed by atoms with Gasteiger partial charge in [-0.1, -0.05) is 13.0 Å². The molecule has 1 rings (SSSR count). The molecule has 15 heavy (non-hydrogen) atoms. The molecule has 1 aromatic rings. The Balaban J connectivity index is 2.27. The van der Waals surface area contributed by atoms with Crippen LogP contribution in [0.1, 0.15) is 25.1 Å². The van der Waals surface area contributed by atoms with E-state index in [1.807, 2.05) is 19.2 Å². The molecule has 0 aliphatic rings. The summed E-state index contributed by atoms with van der Waals surface area (Å²) in [4.78, 5) is 4.26. The third kappa shape index (κ3) is 4.91. The highest BCUT2D eigenvalue weighted by Crippen LogP contribution is 1.98. The summed E-state index contributed by atoms with van der Waals surface area (Å²) in [5.74, 6) is 0. The maximum Gasteiger partial charge on any atom is 0.0372 e. The molecular formula is C12H21N3. The van der Waals surface area contributed by atoms with E-state index in [2.05, 4.69) is 35.5 Å². The minimum Gasteiger partial charge on any atom is -0.315 e. The molecular weight excluding hydrogens is 186 g/mol. The quantitative estimate of drug-likeness (QED) is 0.742. The molecule has 3 nitrogen and oxygen atoms in total. The number of nitrogens with zero attached hydrogens (tertiary/aromatic N) is 1. The second-order valence-electron chi connectivity index (χ2n) is 3.90. The zero-order valence-corrected chi connectivity index (χ0v) is 9.88. The van der Waals surface area contributed by atoms with Crippen LogP contribution in [0, 0.1) is 6.92 Å². The van der Waals surface area contributed by atoms with E-state index in [-0.39, 0.29) is 0 Å². The van der Waals surface area contributed by atoms with Crippen LogP contribution in [0.2, 0.25) is 0 Å². The first-order valence-corrected chi connectivity index (χ1v) is 5.58. The molecule has 84 valence electrons. The molecule has 0 saturated carbocycles. The van der Waals surface area contributed by atoms with Gasteiger partial charge in [-0.3, -0.25) is 4.98 Å². The second kappa shape index (κ2) is 6.53. The molecule has 0 saturated heterocycles. The van der Waals surface area contributed by atoms with E-state index in [0.29, 0.717) is 6.04 Å². The van der Waals surface area contributed by atoms with E-state index in [4.69, 9.17) is 0 Å². The van der Waals surface area contributed by atoms with Gasteiger partial charge >= 0.3 is 0 Å². The van der Waals surface area contributed by atoms with Crippen molar-refractivity contribution >= 4 is 0 Å². The Morgan fingerprint density at radius 3 is 2.80 bits per heavy atom. The molecule has 0 amide bonds. The normalized spacial score (nSPS) is 12.7. The van der Waals surface area contributed by atoms with E-state index in [9.17, 15) is 0 Å². The molecule has 2 N–H and O–H groups in total. The number of rotatable bonds is 6. The van der Waals surface area contributed by atoms with Crippen LogP contribution in [0.3, 0.4) is 0 Å². The lowest BCUT2D eigenvalue weighted by Gasteiger charge is -2.13. The molecule has 1 heterocycles. The summed E-state index contributed by atoms with van der Waals surface area (Å²) >= 11 is 0. The molecule has 0 aliphatic carbocycles. The summed E-state index contributed by atoms with van der Waals surface area (Å²) in [6, 6.07) is 4.66. The molecule has 0 radical (unpaired) electrons. The number of pyridine rings is 1. The molecule has 3 heteroatoms. The van der Waals surface area contributed by atoms with Gasteiger partial charge in [0.1, 0.15) is 0 Å². The fraction of sp³-hybridized carbons (Fsp3) is 0.583. The number of likely N-dealkylation sites (N-methyl/N-ethyl adjacent to an activating group) is 1. The molecule has 1 atom stereocenters. The van der Waals surface area contributed by atoms with Crippen LogP contribution < -0.4 is 10.6 Å². The number of aromatic nitrogens is 1. The Hall–Kier alpha value is -0.930. The highest BCUT2D eigenvalue weighted by Gasteiger charge is 2.00. The first-order chi connectivity index (χ1) is 7.22. The van der Waals surface area contributed by atoms with Gasteiger partial charge in [0.2, 0.25) is 0 Å². The maximum absolute atomic E-state index is 4.26. The van der Waals surface area contributed by atoms with E-state index in [0.717, 1.165) is 25.3 Å². The standard InChI is InChI=1S/C12H21N3/c1-4-13-7-11(3)15-9-12-6-5-10(2)14-8-12/h5-6,8,11,13,15H,4,7,9H2,1-3H3. The Labute approximate surface area is 92.3 Å². The number of hydrogen-bond donors (Lipinski definition) is 2. The molecule has 0 spiro atoms. The van der Waals surface area contributed by atoms with Crippen LogP contribution in [-0.4, -0.2) is 24.1 Å². The number of aryl methyl sites for hydroxylation is 1. The van der Waals surface area contributed by atoms with Crippen molar-refractivity contribution in [3.05, 3.63) is 29.6 Å². The van der Waals surface area contributed by atoms with Crippen LogP contribution in [0.15, 0.2) is 18.3 Å². The first-order valence-electron chi connectivity index (χ1n) is 5.58. The number of hydrogen-bond acceptors (Lipinski definition) is 3. The van der Waals surface area contributed by atoms with Gasteiger partial charge in [-0.15, -0.1) is 0 Å². The lowest BCUT2D eigenvalue weighted by atomic mass is 10.2. The van der Waals surface area contributed by atoms with Gasteiger partial charge in [-0.2, -0.15) is 0 Å². The Kier molecular flexibility index (Phi) is 5.29. The maximum atomic E-state index is 4.26.